The first-order valence-corrected chi connectivity index (χ1v) is 5.40. The summed E-state index contributed by atoms with van der Waals surface area (Å²) in [4.78, 5) is 11.4. The molecular formula is C8H6BrN7O. The lowest BCUT2D eigenvalue weighted by Gasteiger charge is -1.98. The second kappa shape index (κ2) is 3.42. The third-order valence-electron chi connectivity index (χ3n) is 2.19. The van der Waals surface area contributed by atoms with Gasteiger partial charge in [-0.15, -0.1) is 10.2 Å². The second-order valence-corrected chi connectivity index (χ2v) is 4.15. The van der Waals surface area contributed by atoms with Crippen molar-refractivity contribution in [1.29, 1.82) is 0 Å². The molecule has 0 fully saturated rings. The number of nitrogens with one attached hydrogen (secondary N) is 1. The lowest BCUT2D eigenvalue weighted by atomic mass is 10.5. The molecule has 0 spiro atoms. The normalized spacial score (nSPS) is 11.1. The molecule has 0 amide bonds. The van der Waals surface area contributed by atoms with Gasteiger partial charge in [-0.25, -0.2) is 14.6 Å². The van der Waals surface area contributed by atoms with Crippen LogP contribution in [0.5, 0.6) is 0 Å². The van der Waals surface area contributed by atoms with E-state index in [0.29, 0.717) is 21.8 Å². The van der Waals surface area contributed by atoms with E-state index in [1.165, 1.54) is 4.68 Å². The fourth-order valence-corrected chi connectivity index (χ4v) is 1.67. The summed E-state index contributed by atoms with van der Waals surface area (Å²) in [7, 11) is 0. The fraction of sp³-hybridized carbons (Fsp3) is 0. The number of nitrogen functional groups attached to an aromatic ring is 1. The summed E-state index contributed by atoms with van der Waals surface area (Å²) in [6, 6.07) is 3.35. The lowest BCUT2D eigenvalue weighted by molar-refractivity contribution is 0.780. The molecule has 3 N–H and O–H groups in total. The van der Waals surface area contributed by atoms with Crippen molar-refractivity contribution in [2.75, 3.05) is 5.73 Å². The molecule has 0 aliphatic carbocycles. The van der Waals surface area contributed by atoms with Gasteiger partial charge in [0.2, 0.25) is 0 Å². The summed E-state index contributed by atoms with van der Waals surface area (Å²) in [5, 5.41) is 14.2. The molecule has 0 bridgehead atoms. The van der Waals surface area contributed by atoms with Gasteiger partial charge < -0.3 is 5.73 Å². The molecule has 3 aromatic rings. The van der Waals surface area contributed by atoms with Gasteiger partial charge in [-0.1, -0.05) is 0 Å². The van der Waals surface area contributed by atoms with E-state index in [-0.39, 0.29) is 0 Å². The molecule has 8 nitrogen and oxygen atoms in total. The first-order valence-electron chi connectivity index (χ1n) is 4.60. The van der Waals surface area contributed by atoms with Gasteiger partial charge in [0, 0.05) is 6.20 Å². The highest BCUT2D eigenvalue weighted by atomic mass is 79.9. The number of fused-ring (bicyclic) bond motifs is 1. The van der Waals surface area contributed by atoms with Crippen LogP contribution in [-0.4, -0.2) is 29.6 Å². The van der Waals surface area contributed by atoms with Crippen LogP contribution in [0.15, 0.2) is 27.6 Å². The van der Waals surface area contributed by atoms with E-state index >= 15 is 0 Å². The molecule has 0 atom stereocenters. The van der Waals surface area contributed by atoms with Gasteiger partial charge in [-0.3, -0.25) is 0 Å². The van der Waals surface area contributed by atoms with Crippen LogP contribution in [0, 0.1) is 0 Å². The molecule has 3 heterocycles. The maximum atomic E-state index is 11.4. The van der Waals surface area contributed by atoms with E-state index in [4.69, 9.17) is 5.73 Å². The Morgan fingerprint density at radius 1 is 1.35 bits per heavy atom. The zero-order valence-electron chi connectivity index (χ0n) is 8.33. The number of rotatable bonds is 1. The van der Waals surface area contributed by atoms with Crippen molar-refractivity contribution in [2.45, 2.75) is 0 Å². The number of H-pyrrole nitrogens is 1. The Bertz CT molecular complexity index is 735. The fourth-order valence-electron chi connectivity index (χ4n) is 1.40. The number of hydrogen-bond acceptors (Lipinski definition) is 5. The van der Waals surface area contributed by atoms with E-state index in [2.05, 4.69) is 36.3 Å². The Labute approximate surface area is 102 Å². The first kappa shape index (κ1) is 10.0. The highest BCUT2D eigenvalue weighted by Crippen LogP contribution is 2.18. The molecule has 0 aliphatic rings. The van der Waals surface area contributed by atoms with E-state index in [0.717, 1.165) is 4.52 Å². The molecule has 0 unspecified atom stereocenters. The van der Waals surface area contributed by atoms with Gasteiger partial charge in [0.05, 0.1) is 4.47 Å². The van der Waals surface area contributed by atoms with Crippen molar-refractivity contribution in [3.63, 3.8) is 0 Å². The van der Waals surface area contributed by atoms with Crippen molar-refractivity contribution in [3.05, 3.63) is 33.3 Å². The zero-order chi connectivity index (χ0) is 12.0. The van der Waals surface area contributed by atoms with Crippen molar-refractivity contribution in [2.24, 2.45) is 0 Å². The maximum Gasteiger partial charge on any atom is 0.364 e. The predicted molar refractivity (Wildman–Crippen MR) is 62.8 cm³/mol. The Morgan fingerprint density at radius 2 is 2.18 bits per heavy atom. The van der Waals surface area contributed by atoms with Crippen LogP contribution >= 0.6 is 15.9 Å². The number of halogens is 1. The van der Waals surface area contributed by atoms with Crippen molar-refractivity contribution < 1.29 is 0 Å². The molecule has 86 valence electrons. The second-order valence-electron chi connectivity index (χ2n) is 3.30. The standard InChI is InChI=1S/C8H6BrN7O/c9-4-3-15(14-7(4)10)6-2-1-5-11-12-8(17)16(5)13-6/h1-3H,(H2,10,14)(H,12,17). The van der Waals surface area contributed by atoms with Crippen LogP contribution in [0.2, 0.25) is 0 Å². The van der Waals surface area contributed by atoms with Crippen LogP contribution in [-0.2, 0) is 0 Å². The molecular weight excluding hydrogens is 290 g/mol. The van der Waals surface area contributed by atoms with Gasteiger partial charge in [-0.05, 0) is 28.1 Å². The zero-order valence-corrected chi connectivity index (χ0v) is 9.92. The van der Waals surface area contributed by atoms with Crippen molar-refractivity contribution in [3.8, 4) is 5.82 Å². The summed E-state index contributed by atoms with van der Waals surface area (Å²) in [5.74, 6) is 0.824. The van der Waals surface area contributed by atoms with Crippen molar-refractivity contribution >= 4 is 27.4 Å². The summed E-state index contributed by atoms with van der Waals surface area (Å²) >= 11 is 3.25. The van der Waals surface area contributed by atoms with Crippen LogP contribution in [0.3, 0.4) is 0 Å². The van der Waals surface area contributed by atoms with E-state index in [1.54, 1.807) is 18.3 Å². The van der Waals surface area contributed by atoms with Crippen LogP contribution < -0.4 is 11.4 Å². The van der Waals surface area contributed by atoms with Gasteiger partial charge in [0.25, 0.3) is 0 Å². The SMILES string of the molecule is Nc1nn(-c2ccc3n[nH]c(=O)n3n2)cc1Br. The molecule has 9 heteroatoms. The maximum absolute atomic E-state index is 11.4. The summed E-state index contributed by atoms with van der Waals surface area (Å²) < 4.78 is 3.29. The molecule has 0 saturated heterocycles. The third kappa shape index (κ3) is 1.51. The Hall–Kier alpha value is -2.16. The number of aromatic nitrogens is 6. The van der Waals surface area contributed by atoms with Crippen LogP contribution in [0.4, 0.5) is 5.82 Å². The average molecular weight is 296 g/mol. The summed E-state index contributed by atoms with van der Waals surface area (Å²) in [6.45, 7) is 0. The Morgan fingerprint density at radius 3 is 2.88 bits per heavy atom. The minimum absolute atomic E-state index is 0.353. The Balaban J connectivity index is 2.23. The minimum atomic E-state index is -0.402. The highest BCUT2D eigenvalue weighted by molar-refractivity contribution is 9.10. The topological polar surface area (TPSA) is 107 Å². The summed E-state index contributed by atoms with van der Waals surface area (Å²) in [6.07, 6.45) is 1.66. The number of nitrogens with two attached hydrogens (primary N) is 1. The first-order chi connectivity index (χ1) is 8.15. The lowest BCUT2D eigenvalue weighted by Crippen LogP contribution is -2.14. The monoisotopic (exact) mass is 295 g/mol. The molecule has 0 aliphatic heterocycles. The molecule has 3 aromatic heterocycles. The predicted octanol–water partition coefficient (Wildman–Crippen LogP) is -0.0520. The van der Waals surface area contributed by atoms with E-state index in [1.807, 2.05) is 0 Å². The molecule has 0 aromatic carbocycles. The van der Waals surface area contributed by atoms with Crippen molar-refractivity contribution in [1.82, 2.24) is 29.6 Å². The van der Waals surface area contributed by atoms with Gasteiger partial charge >= 0.3 is 5.69 Å². The number of aromatic amines is 1. The number of hydrogen-bond donors (Lipinski definition) is 2. The summed E-state index contributed by atoms with van der Waals surface area (Å²) in [5.41, 5.74) is 5.65. The largest absolute Gasteiger partial charge is 0.381 e. The minimum Gasteiger partial charge on any atom is -0.381 e. The van der Waals surface area contributed by atoms with Gasteiger partial charge in [0.1, 0.15) is 0 Å². The van der Waals surface area contributed by atoms with Crippen LogP contribution in [0.1, 0.15) is 0 Å². The molecule has 0 saturated carbocycles. The quantitative estimate of drug-likeness (QED) is 0.654. The van der Waals surface area contributed by atoms with Gasteiger partial charge in [0.15, 0.2) is 17.3 Å². The van der Waals surface area contributed by atoms with Gasteiger partial charge in [-0.2, -0.15) is 9.61 Å². The van der Waals surface area contributed by atoms with E-state index in [9.17, 15) is 4.79 Å². The molecule has 17 heavy (non-hydrogen) atoms. The highest BCUT2D eigenvalue weighted by Gasteiger charge is 2.07. The smallest absolute Gasteiger partial charge is 0.364 e. The molecule has 3 rings (SSSR count). The number of nitrogens with zero attached hydrogens (tertiary/aromatic N) is 5. The van der Waals surface area contributed by atoms with Crippen LogP contribution in [0.25, 0.3) is 11.5 Å². The molecule has 0 radical (unpaired) electrons. The average Bonchev–Trinajstić information content (AvgIpc) is 2.84. The van der Waals surface area contributed by atoms with E-state index < -0.39 is 5.69 Å². The number of anilines is 1. The third-order valence-corrected chi connectivity index (χ3v) is 2.80. The Kier molecular flexibility index (Phi) is 2.01.